The minimum atomic E-state index is -4.06. The zero-order valence-electron chi connectivity index (χ0n) is 14.3. The molecule has 26 heavy (non-hydrogen) atoms. The topological polar surface area (TPSA) is 63.6 Å². The number of sulfonamides is 1. The van der Waals surface area contributed by atoms with Crippen LogP contribution in [0.2, 0.25) is 0 Å². The first kappa shape index (κ1) is 18.8. The molecule has 0 fully saturated rings. The lowest BCUT2D eigenvalue weighted by molar-refractivity contribution is 0.104. The smallest absolute Gasteiger partial charge is 0.283 e. The number of allylic oxidation sites excluding steroid dienone is 2. The van der Waals surface area contributed by atoms with Crippen molar-refractivity contribution in [1.29, 1.82) is 0 Å². The molecule has 0 saturated carbocycles. The standard InChI is InChI=1S/C19H15Cl2NO3S/c1-10-8-11(2)19(12(3)9-10)26(24,25)22-17-13-6-4-5-7-14(13)18(23)16(21)15(17)20/h4-9H,1-3H3/b22-17-. The van der Waals surface area contributed by atoms with E-state index >= 15 is 0 Å². The van der Waals surface area contributed by atoms with Crippen molar-refractivity contribution >= 4 is 44.7 Å². The van der Waals surface area contributed by atoms with E-state index in [-0.39, 0.29) is 26.2 Å². The van der Waals surface area contributed by atoms with Crippen LogP contribution >= 0.6 is 23.2 Å². The lowest BCUT2D eigenvalue weighted by atomic mass is 9.94. The molecule has 1 aliphatic rings. The van der Waals surface area contributed by atoms with Crippen molar-refractivity contribution in [3.05, 3.63) is 74.3 Å². The Morgan fingerprint density at radius 2 is 1.42 bits per heavy atom. The van der Waals surface area contributed by atoms with Gasteiger partial charge >= 0.3 is 0 Å². The molecule has 4 nitrogen and oxygen atoms in total. The van der Waals surface area contributed by atoms with E-state index in [0.29, 0.717) is 16.7 Å². The van der Waals surface area contributed by atoms with Gasteiger partial charge in [0, 0.05) is 11.1 Å². The fourth-order valence-corrected chi connectivity index (χ4v) is 5.08. The first-order valence-electron chi connectivity index (χ1n) is 7.76. The van der Waals surface area contributed by atoms with Crippen LogP contribution in [0.4, 0.5) is 0 Å². The van der Waals surface area contributed by atoms with Crippen molar-refractivity contribution in [2.75, 3.05) is 0 Å². The van der Waals surface area contributed by atoms with Crippen LogP contribution in [0.5, 0.6) is 0 Å². The van der Waals surface area contributed by atoms with Crippen molar-refractivity contribution in [2.45, 2.75) is 25.7 Å². The summed E-state index contributed by atoms with van der Waals surface area (Å²) in [6, 6.07) is 10.1. The number of Topliss-reactive ketones (excluding diaryl/α,β-unsaturated/α-hetero) is 1. The van der Waals surface area contributed by atoms with Gasteiger partial charge in [0.2, 0.25) is 5.78 Å². The number of hydrogen-bond acceptors (Lipinski definition) is 3. The van der Waals surface area contributed by atoms with Crippen LogP contribution in [0, 0.1) is 20.8 Å². The summed E-state index contributed by atoms with van der Waals surface area (Å²) in [6.45, 7) is 5.33. The summed E-state index contributed by atoms with van der Waals surface area (Å²) < 4.78 is 30.0. The van der Waals surface area contributed by atoms with Crippen LogP contribution < -0.4 is 0 Å². The van der Waals surface area contributed by atoms with E-state index in [1.165, 1.54) is 0 Å². The minimum absolute atomic E-state index is 0.0220. The Balaban J connectivity index is 2.28. The van der Waals surface area contributed by atoms with E-state index in [1.54, 1.807) is 50.2 Å². The molecule has 0 aliphatic heterocycles. The molecule has 1 aliphatic carbocycles. The normalized spacial score (nSPS) is 16.2. The SMILES string of the molecule is Cc1cc(C)c(S(=O)(=O)/N=C2\C(Cl)=C(Cl)C(=O)c3ccccc32)c(C)c1. The molecule has 0 N–H and O–H groups in total. The molecule has 134 valence electrons. The predicted octanol–water partition coefficient (Wildman–Crippen LogP) is 4.68. The second-order valence-corrected chi connectivity index (χ2v) is 8.44. The molecule has 0 spiro atoms. The van der Waals surface area contributed by atoms with Crippen molar-refractivity contribution in [2.24, 2.45) is 4.40 Å². The molecule has 0 heterocycles. The van der Waals surface area contributed by atoms with Crippen LogP contribution in [0.1, 0.15) is 32.6 Å². The monoisotopic (exact) mass is 407 g/mol. The maximum atomic E-state index is 13.0. The van der Waals surface area contributed by atoms with Gasteiger partial charge in [0.05, 0.1) is 9.93 Å². The van der Waals surface area contributed by atoms with Crippen LogP contribution in [-0.2, 0) is 10.0 Å². The van der Waals surface area contributed by atoms with Gasteiger partial charge in [-0.25, -0.2) is 0 Å². The van der Waals surface area contributed by atoms with Gasteiger partial charge in [-0.15, -0.1) is 0 Å². The van der Waals surface area contributed by atoms with Crippen molar-refractivity contribution in [3.63, 3.8) is 0 Å². The molecule has 0 amide bonds. The summed E-state index contributed by atoms with van der Waals surface area (Å²) >= 11 is 12.2. The quantitative estimate of drug-likeness (QED) is 0.725. The maximum Gasteiger partial charge on any atom is 0.283 e. The van der Waals surface area contributed by atoms with Gasteiger partial charge in [0.15, 0.2) is 0 Å². The van der Waals surface area contributed by atoms with Crippen molar-refractivity contribution < 1.29 is 13.2 Å². The average molecular weight is 408 g/mol. The average Bonchev–Trinajstić information content (AvgIpc) is 2.55. The molecule has 3 rings (SSSR count). The summed E-state index contributed by atoms with van der Waals surface area (Å²) in [6.07, 6.45) is 0. The Morgan fingerprint density at radius 1 is 0.885 bits per heavy atom. The zero-order chi connectivity index (χ0) is 19.2. The van der Waals surface area contributed by atoms with E-state index in [4.69, 9.17) is 23.2 Å². The Morgan fingerprint density at radius 3 is 2.00 bits per heavy atom. The number of rotatable bonds is 2. The van der Waals surface area contributed by atoms with Crippen LogP contribution in [0.3, 0.4) is 0 Å². The minimum Gasteiger partial charge on any atom is -0.288 e. The van der Waals surface area contributed by atoms with E-state index in [1.807, 2.05) is 6.92 Å². The second kappa shape index (κ2) is 6.65. The van der Waals surface area contributed by atoms with Gasteiger partial charge in [0.25, 0.3) is 10.0 Å². The van der Waals surface area contributed by atoms with Crippen LogP contribution in [0.25, 0.3) is 0 Å². The number of aryl methyl sites for hydroxylation is 3. The molecule has 0 aromatic heterocycles. The highest BCUT2D eigenvalue weighted by molar-refractivity contribution is 7.90. The lowest BCUT2D eigenvalue weighted by Crippen LogP contribution is -2.20. The highest BCUT2D eigenvalue weighted by Gasteiger charge is 2.31. The molecule has 0 atom stereocenters. The Labute approximate surface area is 162 Å². The number of nitrogens with zero attached hydrogens (tertiary/aromatic N) is 1. The number of hydrogen-bond donors (Lipinski definition) is 0. The summed E-state index contributed by atoms with van der Waals surface area (Å²) in [5, 5.41) is -0.405. The summed E-state index contributed by atoms with van der Waals surface area (Å²) in [5.74, 6) is -0.452. The number of fused-ring (bicyclic) bond motifs is 1. The van der Waals surface area contributed by atoms with E-state index in [9.17, 15) is 13.2 Å². The predicted molar refractivity (Wildman–Crippen MR) is 104 cm³/mol. The first-order chi connectivity index (χ1) is 12.1. The highest BCUT2D eigenvalue weighted by Crippen LogP contribution is 2.33. The number of carbonyl (C=O) groups excluding carboxylic acids is 1. The summed E-state index contributed by atoms with van der Waals surface area (Å²) in [4.78, 5) is 12.4. The molecule has 7 heteroatoms. The molecule has 0 saturated heterocycles. The number of benzene rings is 2. The fourth-order valence-electron chi connectivity index (χ4n) is 3.16. The van der Waals surface area contributed by atoms with Gasteiger partial charge in [-0.05, 0) is 31.9 Å². The molecule has 2 aromatic rings. The van der Waals surface area contributed by atoms with Gasteiger partial charge < -0.3 is 0 Å². The van der Waals surface area contributed by atoms with E-state index in [2.05, 4.69) is 4.40 Å². The van der Waals surface area contributed by atoms with Crippen LogP contribution in [0.15, 0.2) is 55.8 Å². The number of carbonyl (C=O) groups is 1. The largest absolute Gasteiger partial charge is 0.288 e. The third-order valence-corrected chi connectivity index (χ3v) is 6.51. The molecular weight excluding hydrogens is 393 g/mol. The molecule has 0 unspecified atom stereocenters. The van der Waals surface area contributed by atoms with Crippen LogP contribution in [-0.4, -0.2) is 19.9 Å². The highest BCUT2D eigenvalue weighted by atomic mass is 35.5. The molecule has 0 bridgehead atoms. The van der Waals surface area contributed by atoms with E-state index in [0.717, 1.165) is 5.56 Å². The van der Waals surface area contributed by atoms with Gasteiger partial charge in [-0.3, -0.25) is 4.79 Å². The fraction of sp³-hybridized carbons (Fsp3) is 0.158. The Bertz CT molecular complexity index is 1090. The first-order valence-corrected chi connectivity index (χ1v) is 9.95. The third kappa shape index (κ3) is 3.11. The van der Waals surface area contributed by atoms with E-state index < -0.39 is 15.8 Å². The van der Waals surface area contributed by atoms with Gasteiger partial charge in [0.1, 0.15) is 10.7 Å². The van der Waals surface area contributed by atoms with Gasteiger partial charge in [-0.2, -0.15) is 12.8 Å². The second-order valence-electron chi connectivity index (χ2n) is 6.15. The third-order valence-electron chi connectivity index (χ3n) is 4.10. The number of halogens is 2. The zero-order valence-corrected chi connectivity index (χ0v) is 16.6. The number of ketones is 1. The molecular formula is C19H15Cl2NO3S. The molecule has 0 radical (unpaired) electrons. The molecule has 2 aromatic carbocycles. The van der Waals surface area contributed by atoms with Crippen molar-refractivity contribution in [1.82, 2.24) is 0 Å². The van der Waals surface area contributed by atoms with Gasteiger partial charge in [-0.1, -0.05) is 65.2 Å². The summed E-state index contributed by atoms with van der Waals surface area (Å²) in [5.41, 5.74) is 2.75. The van der Waals surface area contributed by atoms with Crippen molar-refractivity contribution in [3.8, 4) is 0 Å². The maximum absolute atomic E-state index is 13.0. The Hall–Kier alpha value is -1.95. The Kier molecular flexibility index (Phi) is 4.82. The lowest BCUT2D eigenvalue weighted by Gasteiger charge is -2.17. The summed E-state index contributed by atoms with van der Waals surface area (Å²) in [7, 11) is -4.06.